The number of ether oxygens (including phenoxy) is 1. The second kappa shape index (κ2) is 9.87. The lowest BCUT2D eigenvalue weighted by molar-refractivity contribution is -0.149. The van der Waals surface area contributed by atoms with Gasteiger partial charge in [0, 0.05) is 6.54 Å². The Morgan fingerprint density at radius 3 is 2.79 bits per heavy atom. The van der Waals surface area contributed by atoms with Gasteiger partial charge in [0.1, 0.15) is 6.61 Å². The van der Waals surface area contributed by atoms with Crippen molar-refractivity contribution in [3.05, 3.63) is 35.9 Å². The molecule has 0 radical (unpaired) electrons. The molecule has 0 aliphatic heterocycles. The Hall–Kier alpha value is -1.00. The molecule has 4 heteroatoms. The number of esters is 1. The molecule has 1 N–H and O–H groups in total. The molecule has 1 unspecified atom stereocenters. The van der Waals surface area contributed by atoms with E-state index in [9.17, 15) is 4.79 Å². The highest BCUT2D eigenvalue weighted by Gasteiger charge is 2.13. The van der Waals surface area contributed by atoms with E-state index < -0.39 is 0 Å². The third kappa shape index (κ3) is 7.23. The van der Waals surface area contributed by atoms with Crippen LogP contribution in [0.5, 0.6) is 0 Å². The molecule has 1 atom stereocenters. The van der Waals surface area contributed by atoms with E-state index in [0.29, 0.717) is 13.2 Å². The topological polar surface area (TPSA) is 38.3 Å². The monoisotopic (exact) mass is 281 g/mol. The Labute approximate surface area is 120 Å². The van der Waals surface area contributed by atoms with Crippen molar-refractivity contribution in [2.45, 2.75) is 20.0 Å². The SMILES string of the molecule is CSCCCNCC(C)C(=O)OCc1ccccc1. The summed E-state index contributed by atoms with van der Waals surface area (Å²) in [6, 6.07) is 9.75. The van der Waals surface area contributed by atoms with Crippen molar-refractivity contribution in [3.8, 4) is 0 Å². The molecule has 0 amide bonds. The summed E-state index contributed by atoms with van der Waals surface area (Å²) in [5.74, 6) is 0.916. The summed E-state index contributed by atoms with van der Waals surface area (Å²) < 4.78 is 5.29. The van der Waals surface area contributed by atoms with Gasteiger partial charge in [0.2, 0.25) is 0 Å². The molecule has 106 valence electrons. The van der Waals surface area contributed by atoms with Crippen LogP contribution in [0.1, 0.15) is 18.9 Å². The Balaban J connectivity index is 2.14. The van der Waals surface area contributed by atoms with Crippen molar-refractivity contribution in [2.75, 3.05) is 25.1 Å². The first-order valence-electron chi connectivity index (χ1n) is 6.64. The van der Waals surface area contributed by atoms with Crippen molar-refractivity contribution in [1.82, 2.24) is 5.32 Å². The standard InChI is InChI=1S/C15H23NO2S/c1-13(11-16-9-6-10-19-2)15(17)18-12-14-7-4-3-5-8-14/h3-5,7-8,13,16H,6,9-12H2,1-2H3. The Morgan fingerprint density at radius 2 is 2.11 bits per heavy atom. The van der Waals surface area contributed by atoms with Gasteiger partial charge in [0.15, 0.2) is 0 Å². The molecule has 0 aliphatic rings. The van der Waals surface area contributed by atoms with Gasteiger partial charge in [-0.2, -0.15) is 11.8 Å². The van der Waals surface area contributed by atoms with Gasteiger partial charge in [-0.1, -0.05) is 37.3 Å². The maximum Gasteiger partial charge on any atom is 0.310 e. The van der Waals surface area contributed by atoms with E-state index in [1.807, 2.05) is 49.0 Å². The minimum absolute atomic E-state index is 0.0991. The number of carbonyl (C=O) groups is 1. The van der Waals surface area contributed by atoms with Gasteiger partial charge >= 0.3 is 5.97 Å². The maximum absolute atomic E-state index is 11.8. The molecule has 0 saturated carbocycles. The van der Waals surface area contributed by atoms with E-state index in [2.05, 4.69) is 11.6 Å². The zero-order valence-electron chi connectivity index (χ0n) is 11.7. The Bertz CT molecular complexity index is 356. The number of rotatable bonds is 9. The minimum Gasteiger partial charge on any atom is -0.461 e. The van der Waals surface area contributed by atoms with Gasteiger partial charge in [0.25, 0.3) is 0 Å². The molecule has 1 rings (SSSR count). The van der Waals surface area contributed by atoms with Crippen molar-refractivity contribution >= 4 is 17.7 Å². The molecule has 0 aromatic heterocycles. The van der Waals surface area contributed by atoms with Crippen molar-refractivity contribution in [1.29, 1.82) is 0 Å². The highest BCUT2D eigenvalue weighted by atomic mass is 32.2. The molecule has 0 bridgehead atoms. The molecular weight excluding hydrogens is 258 g/mol. The normalized spacial score (nSPS) is 12.1. The van der Waals surface area contributed by atoms with Crippen LogP contribution < -0.4 is 5.32 Å². The number of hydrogen-bond acceptors (Lipinski definition) is 4. The number of hydrogen-bond donors (Lipinski definition) is 1. The second-order valence-electron chi connectivity index (χ2n) is 4.54. The van der Waals surface area contributed by atoms with E-state index in [1.165, 1.54) is 0 Å². The minimum atomic E-state index is -0.138. The van der Waals surface area contributed by atoms with Crippen molar-refractivity contribution in [3.63, 3.8) is 0 Å². The number of thioether (sulfide) groups is 1. The molecule has 19 heavy (non-hydrogen) atoms. The van der Waals surface area contributed by atoms with Crippen LogP contribution in [0.15, 0.2) is 30.3 Å². The fourth-order valence-corrected chi connectivity index (χ4v) is 2.05. The first-order valence-corrected chi connectivity index (χ1v) is 8.03. The molecule has 1 aromatic carbocycles. The lowest BCUT2D eigenvalue weighted by Gasteiger charge is -2.12. The van der Waals surface area contributed by atoms with Crippen LogP contribution in [0.4, 0.5) is 0 Å². The molecule has 0 fully saturated rings. The molecule has 0 heterocycles. The van der Waals surface area contributed by atoms with E-state index >= 15 is 0 Å². The van der Waals surface area contributed by atoms with E-state index in [0.717, 1.165) is 24.3 Å². The average Bonchev–Trinajstić information content (AvgIpc) is 2.45. The van der Waals surface area contributed by atoms with Gasteiger partial charge < -0.3 is 10.1 Å². The number of benzene rings is 1. The lowest BCUT2D eigenvalue weighted by atomic mass is 10.2. The van der Waals surface area contributed by atoms with Crippen LogP contribution in [-0.4, -0.2) is 31.1 Å². The molecule has 0 saturated heterocycles. The first kappa shape index (κ1) is 16.1. The zero-order chi connectivity index (χ0) is 13.9. The van der Waals surface area contributed by atoms with Crippen LogP contribution in [0, 0.1) is 5.92 Å². The van der Waals surface area contributed by atoms with Gasteiger partial charge in [-0.15, -0.1) is 0 Å². The van der Waals surface area contributed by atoms with E-state index in [4.69, 9.17) is 4.74 Å². The highest BCUT2D eigenvalue weighted by Crippen LogP contribution is 2.04. The van der Waals surface area contributed by atoms with Crippen LogP contribution >= 0.6 is 11.8 Å². The molecular formula is C15H23NO2S. The van der Waals surface area contributed by atoms with E-state index in [1.54, 1.807) is 0 Å². The average molecular weight is 281 g/mol. The first-order chi connectivity index (χ1) is 9.24. The van der Waals surface area contributed by atoms with E-state index in [-0.39, 0.29) is 11.9 Å². The summed E-state index contributed by atoms with van der Waals surface area (Å²) in [5.41, 5.74) is 1.02. The summed E-state index contributed by atoms with van der Waals surface area (Å²) in [4.78, 5) is 11.8. The fourth-order valence-electron chi connectivity index (χ4n) is 1.61. The summed E-state index contributed by atoms with van der Waals surface area (Å²) in [5, 5.41) is 3.28. The van der Waals surface area contributed by atoms with Crippen LogP contribution in [0.3, 0.4) is 0 Å². The predicted molar refractivity (Wildman–Crippen MR) is 81.3 cm³/mol. The van der Waals surface area contributed by atoms with Crippen LogP contribution in [0.2, 0.25) is 0 Å². The largest absolute Gasteiger partial charge is 0.461 e. The molecule has 0 spiro atoms. The smallest absolute Gasteiger partial charge is 0.310 e. The summed E-state index contributed by atoms with van der Waals surface area (Å²) in [6.45, 7) is 3.89. The number of nitrogens with one attached hydrogen (secondary N) is 1. The van der Waals surface area contributed by atoms with Gasteiger partial charge in [-0.05, 0) is 30.5 Å². The zero-order valence-corrected chi connectivity index (χ0v) is 12.5. The van der Waals surface area contributed by atoms with Crippen LogP contribution in [0.25, 0.3) is 0 Å². The van der Waals surface area contributed by atoms with Crippen LogP contribution in [-0.2, 0) is 16.1 Å². The quantitative estimate of drug-likeness (QED) is 0.558. The molecule has 3 nitrogen and oxygen atoms in total. The third-order valence-electron chi connectivity index (χ3n) is 2.78. The highest BCUT2D eigenvalue weighted by molar-refractivity contribution is 7.98. The second-order valence-corrected chi connectivity index (χ2v) is 5.53. The predicted octanol–water partition coefficient (Wildman–Crippen LogP) is 2.71. The summed E-state index contributed by atoms with van der Waals surface area (Å²) >= 11 is 1.84. The van der Waals surface area contributed by atoms with Crippen molar-refractivity contribution in [2.24, 2.45) is 5.92 Å². The van der Waals surface area contributed by atoms with Gasteiger partial charge in [-0.3, -0.25) is 4.79 Å². The number of carbonyl (C=O) groups excluding carboxylic acids is 1. The lowest BCUT2D eigenvalue weighted by Crippen LogP contribution is -2.28. The Morgan fingerprint density at radius 1 is 1.37 bits per heavy atom. The molecule has 1 aromatic rings. The third-order valence-corrected chi connectivity index (χ3v) is 3.48. The van der Waals surface area contributed by atoms with Gasteiger partial charge in [0.05, 0.1) is 5.92 Å². The maximum atomic E-state index is 11.8. The fraction of sp³-hybridized carbons (Fsp3) is 0.533. The molecule has 0 aliphatic carbocycles. The summed E-state index contributed by atoms with van der Waals surface area (Å²) in [7, 11) is 0. The summed E-state index contributed by atoms with van der Waals surface area (Å²) in [6.07, 6.45) is 3.23. The van der Waals surface area contributed by atoms with Crippen molar-refractivity contribution < 1.29 is 9.53 Å². The Kier molecular flexibility index (Phi) is 8.34. The van der Waals surface area contributed by atoms with Gasteiger partial charge in [-0.25, -0.2) is 0 Å².